The molecule has 1 unspecified atom stereocenters. The number of halogens is 2. The highest BCUT2D eigenvalue weighted by atomic mass is 19.1. The molecule has 2 amide bonds. The van der Waals surface area contributed by atoms with E-state index in [1.165, 1.54) is 12.1 Å². The summed E-state index contributed by atoms with van der Waals surface area (Å²) in [6.07, 6.45) is 3.52. The fraction of sp³-hybridized carbons (Fsp3) is 0.588. The van der Waals surface area contributed by atoms with Crippen LogP contribution in [0.5, 0.6) is 0 Å². The lowest BCUT2D eigenvalue weighted by Gasteiger charge is -2.34. The van der Waals surface area contributed by atoms with E-state index in [1.54, 1.807) is 18.9 Å². The minimum absolute atomic E-state index is 0.128. The van der Waals surface area contributed by atoms with E-state index in [0.29, 0.717) is 5.92 Å². The maximum absolute atomic E-state index is 13.8. The predicted octanol–water partition coefficient (Wildman–Crippen LogP) is 3.22. The molecule has 0 spiro atoms. The number of aliphatic hydroxyl groups is 1. The molecule has 1 atom stereocenters. The zero-order chi connectivity index (χ0) is 17.0. The third-order valence-corrected chi connectivity index (χ3v) is 4.71. The Morgan fingerprint density at radius 2 is 2.00 bits per heavy atom. The van der Waals surface area contributed by atoms with Crippen molar-refractivity contribution < 1.29 is 18.7 Å². The summed E-state index contributed by atoms with van der Waals surface area (Å²) in [7, 11) is 1.73. The predicted molar refractivity (Wildman–Crippen MR) is 83.9 cm³/mol. The Morgan fingerprint density at radius 1 is 1.35 bits per heavy atom. The van der Waals surface area contributed by atoms with E-state index in [1.807, 2.05) is 0 Å². The third kappa shape index (κ3) is 4.41. The summed E-state index contributed by atoms with van der Waals surface area (Å²) in [6.45, 7) is 1.87. The number of aliphatic hydroxyl groups excluding tert-OH is 1. The van der Waals surface area contributed by atoms with Crippen molar-refractivity contribution in [3.8, 4) is 0 Å². The Hall–Kier alpha value is -1.69. The third-order valence-electron chi connectivity index (χ3n) is 4.71. The number of nitrogens with one attached hydrogen (secondary N) is 1. The number of carbonyl (C=O) groups is 1. The van der Waals surface area contributed by atoms with Crippen LogP contribution in [0.1, 0.15) is 44.2 Å². The Bertz CT molecular complexity index is 545. The highest BCUT2D eigenvalue weighted by Crippen LogP contribution is 2.27. The van der Waals surface area contributed by atoms with E-state index < -0.39 is 17.7 Å². The maximum atomic E-state index is 13.8. The summed E-state index contributed by atoms with van der Waals surface area (Å²) in [4.78, 5) is 14.0. The first-order valence-corrected chi connectivity index (χ1v) is 8.01. The topological polar surface area (TPSA) is 52.6 Å². The molecule has 0 bridgehead atoms. The molecule has 1 aromatic rings. The molecule has 0 heterocycles. The van der Waals surface area contributed by atoms with Crippen LogP contribution < -0.4 is 5.32 Å². The second kappa shape index (κ2) is 7.73. The molecule has 23 heavy (non-hydrogen) atoms. The van der Waals surface area contributed by atoms with Crippen molar-refractivity contribution in [3.05, 3.63) is 35.4 Å². The molecule has 6 heteroatoms. The first-order chi connectivity index (χ1) is 10.9. The molecule has 1 aromatic carbocycles. The Balaban J connectivity index is 1.92. The fourth-order valence-corrected chi connectivity index (χ4v) is 3.10. The summed E-state index contributed by atoms with van der Waals surface area (Å²) >= 11 is 0. The highest BCUT2D eigenvalue weighted by molar-refractivity contribution is 5.74. The molecule has 0 saturated heterocycles. The van der Waals surface area contributed by atoms with Gasteiger partial charge in [-0.2, -0.15) is 0 Å². The summed E-state index contributed by atoms with van der Waals surface area (Å²) in [5, 5.41) is 11.9. The minimum atomic E-state index is -0.663. The van der Waals surface area contributed by atoms with Gasteiger partial charge in [-0.15, -0.1) is 0 Å². The molecular weight excluding hydrogens is 302 g/mol. The monoisotopic (exact) mass is 326 g/mol. The molecule has 2 N–H and O–H groups in total. The summed E-state index contributed by atoms with van der Waals surface area (Å²) < 4.78 is 26.7. The number of carbonyl (C=O) groups excluding carboxylic acids is 1. The Morgan fingerprint density at radius 3 is 2.57 bits per heavy atom. The molecule has 0 aliphatic heterocycles. The van der Waals surface area contributed by atoms with Gasteiger partial charge in [0.1, 0.15) is 11.6 Å². The molecule has 1 aliphatic carbocycles. The molecule has 4 nitrogen and oxygen atoms in total. The van der Waals surface area contributed by atoms with E-state index >= 15 is 0 Å². The van der Waals surface area contributed by atoms with Crippen molar-refractivity contribution in [2.75, 3.05) is 13.7 Å². The number of hydrogen-bond donors (Lipinski definition) is 2. The molecule has 1 fully saturated rings. The van der Waals surface area contributed by atoms with Gasteiger partial charge in [0.25, 0.3) is 0 Å². The normalized spacial score (nSPS) is 22.5. The number of hydrogen-bond acceptors (Lipinski definition) is 2. The zero-order valence-corrected chi connectivity index (χ0v) is 13.6. The van der Waals surface area contributed by atoms with Crippen LogP contribution >= 0.6 is 0 Å². The van der Waals surface area contributed by atoms with E-state index in [9.17, 15) is 13.6 Å². The van der Waals surface area contributed by atoms with Gasteiger partial charge in [-0.3, -0.25) is 0 Å². The first-order valence-electron chi connectivity index (χ1n) is 8.01. The van der Waals surface area contributed by atoms with E-state index in [0.717, 1.165) is 31.7 Å². The van der Waals surface area contributed by atoms with Crippen LogP contribution in [0.2, 0.25) is 0 Å². The van der Waals surface area contributed by atoms with Crippen LogP contribution in [0.3, 0.4) is 0 Å². The van der Waals surface area contributed by atoms with Crippen molar-refractivity contribution in [3.63, 3.8) is 0 Å². The van der Waals surface area contributed by atoms with E-state index in [2.05, 4.69) is 5.32 Å². The molecule has 128 valence electrons. The van der Waals surface area contributed by atoms with Gasteiger partial charge in [0.2, 0.25) is 0 Å². The largest absolute Gasteiger partial charge is 0.396 e. The Kier molecular flexibility index (Phi) is 5.93. The number of benzene rings is 1. The number of amides is 2. The molecule has 1 saturated carbocycles. The van der Waals surface area contributed by atoms with Crippen molar-refractivity contribution in [1.82, 2.24) is 10.2 Å². The number of rotatable bonds is 4. The van der Waals surface area contributed by atoms with Crippen LogP contribution in [-0.4, -0.2) is 35.7 Å². The quantitative estimate of drug-likeness (QED) is 0.892. The number of urea groups is 1. The first kappa shape index (κ1) is 17.7. The van der Waals surface area contributed by atoms with Gasteiger partial charge >= 0.3 is 6.03 Å². The summed E-state index contributed by atoms with van der Waals surface area (Å²) in [6, 6.07) is 2.66. The zero-order valence-electron chi connectivity index (χ0n) is 13.6. The van der Waals surface area contributed by atoms with Gasteiger partial charge in [0.15, 0.2) is 0 Å². The van der Waals surface area contributed by atoms with Crippen LogP contribution in [0.4, 0.5) is 13.6 Å². The standard InChI is InChI=1S/C17H24F2N2O2/c1-11(15-8-5-13(18)9-16(15)19)20-17(23)21(2)14-6-3-12(10-22)4-7-14/h5,8-9,11-12,14,22H,3-4,6-7,10H2,1-2H3,(H,20,23). The van der Waals surface area contributed by atoms with Crippen LogP contribution in [-0.2, 0) is 0 Å². The maximum Gasteiger partial charge on any atom is 0.317 e. The fourth-order valence-electron chi connectivity index (χ4n) is 3.10. The second-order valence-corrected chi connectivity index (χ2v) is 6.31. The Labute approximate surface area is 135 Å². The molecule has 1 aliphatic rings. The van der Waals surface area contributed by atoms with E-state index in [-0.39, 0.29) is 24.2 Å². The number of nitrogens with zero attached hydrogens (tertiary/aromatic N) is 1. The minimum Gasteiger partial charge on any atom is -0.396 e. The lowest BCUT2D eigenvalue weighted by molar-refractivity contribution is 0.133. The van der Waals surface area contributed by atoms with Crippen LogP contribution in [0.15, 0.2) is 18.2 Å². The molecule has 0 aromatic heterocycles. The molecule has 0 radical (unpaired) electrons. The van der Waals surface area contributed by atoms with Gasteiger partial charge in [-0.1, -0.05) is 6.07 Å². The van der Waals surface area contributed by atoms with E-state index in [4.69, 9.17) is 5.11 Å². The van der Waals surface area contributed by atoms with Crippen LogP contribution in [0.25, 0.3) is 0 Å². The smallest absolute Gasteiger partial charge is 0.317 e. The van der Waals surface area contributed by atoms with Gasteiger partial charge in [-0.05, 0) is 44.6 Å². The summed E-state index contributed by atoms with van der Waals surface area (Å²) in [5.41, 5.74) is 0.261. The van der Waals surface area contributed by atoms with Crippen molar-refractivity contribution >= 4 is 6.03 Å². The molecule has 2 rings (SSSR count). The average Bonchev–Trinajstić information content (AvgIpc) is 2.54. The average molecular weight is 326 g/mol. The molecular formula is C17H24F2N2O2. The van der Waals surface area contributed by atoms with Crippen LogP contribution in [0, 0.1) is 17.6 Å². The highest BCUT2D eigenvalue weighted by Gasteiger charge is 2.27. The second-order valence-electron chi connectivity index (χ2n) is 6.31. The lowest BCUT2D eigenvalue weighted by Crippen LogP contribution is -2.46. The lowest BCUT2D eigenvalue weighted by atomic mass is 9.86. The van der Waals surface area contributed by atoms with Gasteiger partial charge in [-0.25, -0.2) is 13.6 Å². The summed E-state index contributed by atoms with van der Waals surface area (Å²) in [5.74, 6) is -0.971. The van der Waals surface area contributed by atoms with Crippen molar-refractivity contribution in [1.29, 1.82) is 0 Å². The van der Waals surface area contributed by atoms with Crippen molar-refractivity contribution in [2.45, 2.75) is 44.7 Å². The van der Waals surface area contributed by atoms with Gasteiger partial charge in [0.05, 0.1) is 6.04 Å². The van der Waals surface area contributed by atoms with Gasteiger partial charge < -0.3 is 15.3 Å². The SMILES string of the molecule is CC(NC(=O)N(C)C1CCC(CO)CC1)c1ccc(F)cc1F. The van der Waals surface area contributed by atoms with Gasteiger partial charge in [0, 0.05) is 31.3 Å². The van der Waals surface area contributed by atoms with Crippen molar-refractivity contribution in [2.24, 2.45) is 5.92 Å².